The Kier molecular flexibility index (Phi) is 9.96. The van der Waals surface area contributed by atoms with Crippen molar-refractivity contribution in [2.45, 2.75) is 104 Å². The van der Waals surface area contributed by atoms with E-state index in [9.17, 15) is 4.39 Å². The summed E-state index contributed by atoms with van der Waals surface area (Å²) in [6.07, 6.45) is 21.2. The van der Waals surface area contributed by atoms with Gasteiger partial charge in [-0.25, -0.2) is 14.4 Å². The molecular weight excluding hydrogens is 383 g/mol. The maximum absolute atomic E-state index is 14.4. The molecule has 1 aromatic carbocycles. The molecule has 0 aliphatic heterocycles. The second kappa shape index (κ2) is 12.9. The summed E-state index contributed by atoms with van der Waals surface area (Å²) in [6.45, 7) is 4.46. The highest BCUT2D eigenvalue weighted by Crippen LogP contribution is 2.34. The molecule has 0 saturated heterocycles. The van der Waals surface area contributed by atoms with E-state index >= 15 is 0 Å². The maximum Gasteiger partial charge on any atom is 0.128 e. The van der Waals surface area contributed by atoms with Gasteiger partial charge in [-0.05, 0) is 48.3 Å². The molecule has 3 heteroatoms. The van der Waals surface area contributed by atoms with Crippen LogP contribution >= 0.6 is 0 Å². The van der Waals surface area contributed by atoms with Gasteiger partial charge in [0.15, 0.2) is 0 Å². The van der Waals surface area contributed by atoms with Crippen LogP contribution in [0.5, 0.6) is 0 Å². The van der Waals surface area contributed by atoms with Crippen molar-refractivity contribution in [3.63, 3.8) is 0 Å². The summed E-state index contributed by atoms with van der Waals surface area (Å²) in [4.78, 5) is 9.17. The minimum absolute atomic E-state index is 0.108. The minimum atomic E-state index is -0.108. The van der Waals surface area contributed by atoms with Crippen LogP contribution in [0.1, 0.15) is 102 Å². The standard InChI is InChI=1S/C28H41FN2/c1-3-5-7-9-22-11-13-23(14-12-22)15-18-28-30-20-26(21-31-28)25-17-16-24(27(29)19-25)10-8-6-4-2/h16-17,19-23H,3-15,18H2,1-2H3. The van der Waals surface area contributed by atoms with Gasteiger partial charge in [0.25, 0.3) is 0 Å². The van der Waals surface area contributed by atoms with Gasteiger partial charge in [0.1, 0.15) is 11.6 Å². The minimum Gasteiger partial charge on any atom is -0.241 e. The molecule has 0 spiro atoms. The molecule has 2 aromatic rings. The third-order valence-electron chi connectivity index (χ3n) is 7.10. The number of aromatic nitrogens is 2. The van der Waals surface area contributed by atoms with E-state index in [1.165, 1.54) is 57.8 Å². The second-order valence-electron chi connectivity index (χ2n) is 9.57. The summed E-state index contributed by atoms with van der Waals surface area (Å²) in [6, 6.07) is 5.56. The first-order valence-electron chi connectivity index (χ1n) is 12.8. The van der Waals surface area contributed by atoms with Gasteiger partial charge >= 0.3 is 0 Å². The van der Waals surface area contributed by atoms with Crippen LogP contribution in [0.25, 0.3) is 11.1 Å². The number of hydrogen-bond acceptors (Lipinski definition) is 2. The first-order valence-corrected chi connectivity index (χ1v) is 12.8. The van der Waals surface area contributed by atoms with Crippen molar-refractivity contribution in [3.05, 3.63) is 47.8 Å². The Labute approximate surface area is 189 Å². The average Bonchev–Trinajstić information content (AvgIpc) is 2.80. The Morgan fingerprint density at radius 3 is 2.06 bits per heavy atom. The van der Waals surface area contributed by atoms with Gasteiger partial charge in [-0.2, -0.15) is 0 Å². The van der Waals surface area contributed by atoms with Gasteiger partial charge in [0.05, 0.1) is 0 Å². The molecule has 170 valence electrons. The lowest BCUT2D eigenvalue weighted by atomic mass is 9.78. The number of nitrogens with zero attached hydrogens (tertiary/aromatic N) is 2. The summed E-state index contributed by atoms with van der Waals surface area (Å²) in [5.41, 5.74) is 2.58. The molecule has 3 rings (SSSR count). The van der Waals surface area contributed by atoms with Crippen LogP contribution in [0.2, 0.25) is 0 Å². The SMILES string of the molecule is CCCCCc1ccc(-c2cnc(CCC3CCC(CCCCC)CC3)nc2)cc1F. The Hall–Kier alpha value is -1.77. The Morgan fingerprint density at radius 1 is 0.774 bits per heavy atom. The van der Waals surface area contributed by atoms with E-state index in [1.54, 1.807) is 6.07 Å². The molecule has 1 aliphatic carbocycles. The summed E-state index contributed by atoms with van der Waals surface area (Å²) in [5.74, 6) is 2.62. The number of halogens is 1. The lowest BCUT2D eigenvalue weighted by Gasteiger charge is -2.28. The largest absolute Gasteiger partial charge is 0.241 e. The highest BCUT2D eigenvalue weighted by Gasteiger charge is 2.21. The maximum atomic E-state index is 14.4. The molecule has 0 unspecified atom stereocenters. The van der Waals surface area contributed by atoms with Crippen LogP contribution in [0, 0.1) is 17.7 Å². The predicted octanol–water partition coefficient (Wildman–Crippen LogP) is 8.33. The van der Waals surface area contributed by atoms with E-state index in [0.29, 0.717) is 0 Å². The topological polar surface area (TPSA) is 25.8 Å². The Morgan fingerprint density at radius 2 is 1.42 bits per heavy atom. The van der Waals surface area contributed by atoms with Gasteiger partial charge in [-0.1, -0.05) is 90.2 Å². The van der Waals surface area contributed by atoms with Crippen LogP contribution in [-0.2, 0) is 12.8 Å². The van der Waals surface area contributed by atoms with Gasteiger partial charge in [0.2, 0.25) is 0 Å². The van der Waals surface area contributed by atoms with E-state index in [1.807, 2.05) is 24.5 Å². The summed E-state index contributed by atoms with van der Waals surface area (Å²) >= 11 is 0. The zero-order valence-electron chi connectivity index (χ0n) is 19.7. The van der Waals surface area contributed by atoms with E-state index < -0.39 is 0 Å². The van der Waals surface area contributed by atoms with Gasteiger partial charge in [0, 0.05) is 24.4 Å². The van der Waals surface area contributed by atoms with E-state index in [-0.39, 0.29) is 5.82 Å². The molecule has 0 radical (unpaired) electrons. The number of unbranched alkanes of at least 4 members (excludes halogenated alkanes) is 4. The van der Waals surface area contributed by atoms with Crippen LogP contribution in [0.15, 0.2) is 30.6 Å². The number of benzene rings is 1. The molecule has 0 bridgehead atoms. The van der Waals surface area contributed by atoms with Crippen molar-refractivity contribution in [1.82, 2.24) is 9.97 Å². The fourth-order valence-corrected chi connectivity index (χ4v) is 4.95. The predicted molar refractivity (Wildman–Crippen MR) is 129 cm³/mol. The lowest BCUT2D eigenvalue weighted by molar-refractivity contribution is 0.248. The zero-order valence-corrected chi connectivity index (χ0v) is 19.7. The number of rotatable bonds is 12. The van der Waals surface area contributed by atoms with E-state index in [0.717, 1.165) is 66.5 Å². The van der Waals surface area contributed by atoms with Crippen molar-refractivity contribution in [1.29, 1.82) is 0 Å². The molecule has 2 nitrogen and oxygen atoms in total. The number of hydrogen-bond donors (Lipinski definition) is 0. The van der Waals surface area contributed by atoms with Gasteiger partial charge < -0.3 is 0 Å². The third kappa shape index (κ3) is 7.70. The third-order valence-corrected chi connectivity index (χ3v) is 7.10. The second-order valence-corrected chi connectivity index (χ2v) is 9.57. The van der Waals surface area contributed by atoms with Crippen LogP contribution in [0.3, 0.4) is 0 Å². The van der Waals surface area contributed by atoms with Gasteiger partial charge in [-0.3, -0.25) is 0 Å². The van der Waals surface area contributed by atoms with Crippen LogP contribution in [-0.4, -0.2) is 9.97 Å². The molecule has 1 fully saturated rings. The van der Waals surface area contributed by atoms with Crippen molar-refractivity contribution in [2.24, 2.45) is 11.8 Å². The number of aryl methyl sites for hydroxylation is 2. The summed E-state index contributed by atoms with van der Waals surface area (Å²) in [7, 11) is 0. The summed E-state index contributed by atoms with van der Waals surface area (Å²) in [5, 5.41) is 0. The molecule has 1 saturated carbocycles. The fourth-order valence-electron chi connectivity index (χ4n) is 4.95. The fraction of sp³-hybridized carbons (Fsp3) is 0.643. The summed E-state index contributed by atoms with van der Waals surface area (Å²) < 4.78 is 14.4. The quantitative estimate of drug-likeness (QED) is 0.320. The lowest BCUT2D eigenvalue weighted by Crippen LogP contribution is -2.15. The molecular formula is C28H41FN2. The van der Waals surface area contributed by atoms with E-state index in [4.69, 9.17) is 0 Å². The molecule has 1 aliphatic rings. The Balaban J connectivity index is 1.45. The van der Waals surface area contributed by atoms with Crippen molar-refractivity contribution < 1.29 is 4.39 Å². The average molecular weight is 425 g/mol. The highest BCUT2D eigenvalue weighted by atomic mass is 19.1. The van der Waals surface area contributed by atoms with Crippen LogP contribution < -0.4 is 0 Å². The monoisotopic (exact) mass is 424 g/mol. The molecule has 31 heavy (non-hydrogen) atoms. The molecule has 0 amide bonds. The van der Waals surface area contributed by atoms with Crippen molar-refractivity contribution >= 4 is 0 Å². The van der Waals surface area contributed by atoms with Gasteiger partial charge in [-0.15, -0.1) is 0 Å². The Bertz CT molecular complexity index is 763. The van der Waals surface area contributed by atoms with Crippen LogP contribution in [0.4, 0.5) is 4.39 Å². The molecule has 1 heterocycles. The molecule has 0 N–H and O–H groups in total. The first kappa shape index (κ1) is 23.9. The molecule has 0 atom stereocenters. The zero-order chi connectivity index (χ0) is 21.9. The molecule has 1 aromatic heterocycles. The first-order chi connectivity index (χ1) is 15.2. The normalized spacial score (nSPS) is 18.9. The van der Waals surface area contributed by atoms with E-state index in [2.05, 4.69) is 23.8 Å². The van der Waals surface area contributed by atoms with Crippen molar-refractivity contribution in [2.75, 3.05) is 0 Å². The smallest absolute Gasteiger partial charge is 0.128 e. The van der Waals surface area contributed by atoms with Crippen molar-refractivity contribution in [3.8, 4) is 11.1 Å². The highest BCUT2D eigenvalue weighted by molar-refractivity contribution is 5.61.